The summed E-state index contributed by atoms with van der Waals surface area (Å²) in [6.45, 7) is 5.86. The number of halogens is 2. The molecule has 7 heteroatoms. The Kier molecular flexibility index (Phi) is 5.86. The number of aryl methyl sites for hydroxylation is 1. The molecule has 0 bridgehead atoms. The third-order valence-electron chi connectivity index (χ3n) is 3.06. The van der Waals surface area contributed by atoms with Gasteiger partial charge in [0.05, 0.1) is 3.79 Å². The van der Waals surface area contributed by atoms with Crippen LogP contribution in [0, 0.1) is 6.92 Å². The summed E-state index contributed by atoms with van der Waals surface area (Å²) in [5.74, 6) is 0. The van der Waals surface area contributed by atoms with E-state index in [2.05, 4.69) is 36.6 Å². The van der Waals surface area contributed by atoms with Gasteiger partial charge in [0.1, 0.15) is 4.21 Å². The number of rotatable bonds is 6. The molecule has 1 rings (SSSR count). The Bertz CT molecular complexity index is 479. The van der Waals surface area contributed by atoms with Gasteiger partial charge in [-0.2, -0.15) is 0 Å². The van der Waals surface area contributed by atoms with Gasteiger partial charge in [-0.1, -0.05) is 29.8 Å². The van der Waals surface area contributed by atoms with E-state index in [-0.39, 0.29) is 0 Å². The Morgan fingerprint density at radius 2 is 1.94 bits per heavy atom. The average Bonchev–Trinajstić information content (AvgIpc) is 2.68. The molecule has 0 aromatic carbocycles. The second-order valence-electron chi connectivity index (χ2n) is 4.25. The van der Waals surface area contributed by atoms with Crippen LogP contribution in [0.2, 0.25) is 0 Å². The van der Waals surface area contributed by atoms with E-state index in [9.17, 15) is 8.42 Å². The molecule has 0 atom stereocenters. The maximum atomic E-state index is 12.3. The maximum absolute atomic E-state index is 12.3. The van der Waals surface area contributed by atoms with E-state index >= 15 is 0 Å². The molecular formula is C11H17Br2NO2S2. The lowest BCUT2D eigenvalue weighted by Gasteiger charge is -2.30. The summed E-state index contributed by atoms with van der Waals surface area (Å²) in [6.07, 6.45) is 1.50. The van der Waals surface area contributed by atoms with Crippen LogP contribution in [0.4, 0.5) is 0 Å². The molecule has 0 saturated carbocycles. The molecule has 0 spiro atoms. The van der Waals surface area contributed by atoms with Crippen LogP contribution >= 0.6 is 43.2 Å². The largest absolute Gasteiger partial charge is 0.250 e. The zero-order valence-electron chi connectivity index (χ0n) is 10.6. The molecule has 0 aliphatic carbocycles. The van der Waals surface area contributed by atoms with Crippen molar-refractivity contribution in [1.29, 1.82) is 0 Å². The molecule has 1 aromatic rings. The van der Waals surface area contributed by atoms with Crippen molar-refractivity contribution in [2.24, 2.45) is 0 Å². The summed E-state index contributed by atoms with van der Waals surface area (Å²) < 4.78 is 28.7. The van der Waals surface area contributed by atoms with Gasteiger partial charge in [0, 0.05) is 10.9 Å². The van der Waals surface area contributed by atoms with Crippen LogP contribution in [0.25, 0.3) is 0 Å². The van der Waals surface area contributed by atoms with E-state index in [1.807, 2.05) is 20.8 Å². The first-order chi connectivity index (χ1) is 8.30. The van der Waals surface area contributed by atoms with Gasteiger partial charge in [0.25, 0.3) is 10.0 Å². The smallest absolute Gasteiger partial charge is 0.206 e. The van der Waals surface area contributed by atoms with E-state index in [1.165, 1.54) is 11.3 Å². The molecule has 18 heavy (non-hydrogen) atoms. The topological polar surface area (TPSA) is 46.2 Å². The fraction of sp³-hybridized carbons (Fsp3) is 0.636. The fourth-order valence-electron chi connectivity index (χ4n) is 1.51. The molecule has 0 aliphatic heterocycles. The van der Waals surface area contributed by atoms with Gasteiger partial charge in [0.15, 0.2) is 0 Å². The molecule has 1 aromatic heterocycles. The summed E-state index contributed by atoms with van der Waals surface area (Å²) in [5.41, 5.74) is 0.529. The zero-order chi connectivity index (χ0) is 14.0. The van der Waals surface area contributed by atoms with Crippen LogP contribution in [0.5, 0.6) is 0 Å². The average molecular weight is 419 g/mol. The molecule has 0 aliphatic rings. The van der Waals surface area contributed by atoms with Crippen LogP contribution in [0.15, 0.2) is 14.1 Å². The quantitative estimate of drug-likeness (QED) is 0.708. The lowest BCUT2D eigenvalue weighted by Crippen LogP contribution is -2.48. The van der Waals surface area contributed by atoms with Crippen molar-refractivity contribution in [3.63, 3.8) is 0 Å². The summed E-state index contributed by atoms with van der Waals surface area (Å²) in [5, 5.41) is 0.609. The molecule has 3 nitrogen and oxygen atoms in total. The summed E-state index contributed by atoms with van der Waals surface area (Å²) >= 11 is 8.01. The minimum Gasteiger partial charge on any atom is -0.206 e. The predicted molar refractivity (Wildman–Crippen MR) is 84.2 cm³/mol. The fourth-order valence-corrected chi connectivity index (χ4v) is 6.40. The van der Waals surface area contributed by atoms with Gasteiger partial charge >= 0.3 is 0 Å². The highest BCUT2D eigenvalue weighted by atomic mass is 79.9. The van der Waals surface area contributed by atoms with Crippen molar-refractivity contribution in [3.05, 3.63) is 15.4 Å². The van der Waals surface area contributed by atoms with E-state index in [0.29, 0.717) is 9.54 Å². The van der Waals surface area contributed by atoms with E-state index in [4.69, 9.17) is 0 Å². The van der Waals surface area contributed by atoms with Gasteiger partial charge in [0.2, 0.25) is 0 Å². The third kappa shape index (κ3) is 3.56. The van der Waals surface area contributed by atoms with Crippen LogP contribution in [-0.2, 0) is 10.0 Å². The Hall–Kier alpha value is 0.570. The van der Waals surface area contributed by atoms with Gasteiger partial charge in [-0.3, -0.25) is 0 Å². The predicted octanol–water partition coefficient (Wildman–Crippen LogP) is 4.05. The zero-order valence-corrected chi connectivity index (χ0v) is 15.4. The highest BCUT2D eigenvalue weighted by molar-refractivity contribution is 9.11. The minimum absolute atomic E-state index is 0.360. The normalized spacial score (nSPS) is 12.9. The van der Waals surface area contributed by atoms with Crippen molar-refractivity contribution in [2.45, 2.75) is 43.4 Å². The Balaban J connectivity index is 3.08. The maximum Gasteiger partial charge on any atom is 0.250 e. The van der Waals surface area contributed by atoms with Crippen molar-refractivity contribution in [2.75, 3.05) is 5.33 Å². The minimum atomic E-state index is -3.45. The molecule has 0 fully saturated rings. The summed E-state index contributed by atoms with van der Waals surface area (Å²) in [4.78, 5) is 0. The van der Waals surface area contributed by atoms with Crippen molar-refractivity contribution < 1.29 is 8.42 Å². The first kappa shape index (κ1) is 16.6. The van der Waals surface area contributed by atoms with Gasteiger partial charge in [-0.15, -0.1) is 11.3 Å². The van der Waals surface area contributed by atoms with Crippen LogP contribution in [-0.4, -0.2) is 19.3 Å². The standard InChI is InChI=1S/C11H17Br2NO2S2/c1-4-11(5-2,7-12)14-18(15,16)9-6-8(3)10(13)17-9/h6,14H,4-5,7H2,1-3H3. The number of sulfonamides is 1. The van der Waals surface area contributed by atoms with Crippen LogP contribution in [0.3, 0.4) is 0 Å². The number of hydrogen-bond acceptors (Lipinski definition) is 3. The van der Waals surface area contributed by atoms with E-state index in [1.54, 1.807) is 6.07 Å². The van der Waals surface area contributed by atoms with Crippen molar-refractivity contribution in [1.82, 2.24) is 4.72 Å². The number of alkyl halides is 1. The third-order valence-corrected chi connectivity index (χ3v) is 8.32. The van der Waals surface area contributed by atoms with Crippen molar-refractivity contribution >= 4 is 53.2 Å². The number of thiophene rings is 1. The molecular weight excluding hydrogens is 402 g/mol. The molecule has 1 heterocycles. The van der Waals surface area contributed by atoms with Gasteiger partial charge < -0.3 is 0 Å². The number of nitrogens with one attached hydrogen (secondary N) is 1. The summed E-state index contributed by atoms with van der Waals surface area (Å²) in [6, 6.07) is 1.70. The molecule has 104 valence electrons. The number of hydrogen-bond donors (Lipinski definition) is 1. The van der Waals surface area contributed by atoms with Crippen LogP contribution in [0.1, 0.15) is 32.3 Å². The monoisotopic (exact) mass is 417 g/mol. The molecule has 0 saturated heterocycles. The second-order valence-corrected chi connectivity index (χ2v) is 9.09. The summed E-state index contributed by atoms with van der Waals surface area (Å²) in [7, 11) is -3.45. The van der Waals surface area contributed by atoms with Crippen molar-refractivity contribution in [3.8, 4) is 0 Å². The Labute approximate surface area is 130 Å². The van der Waals surface area contributed by atoms with Gasteiger partial charge in [-0.05, 0) is 47.3 Å². The lowest BCUT2D eigenvalue weighted by atomic mass is 9.97. The van der Waals surface area contributed by atoms with Gasteiger partial charge in [-0.25, -0.2) is 13.1 Å². The lowest BCUT2D eigenvalue weighted by molar-refractivity contribution is 0.399. The van der Waals surface area contributed by atoms with Crippen LogP contribution < -0.4 is 4.72 Å². The first-order valence-corrected chi connectivity index (χ1v) is 9.87. The first-order valence-electron chi connectivity index (χ1n) is 5.66. The van der Waals surface area contributed by atoms with E-state index < -0.39 is 15.6 Å². The van der Waals surface area contributed by atoms with E-state index in [0.717, 1.165) is 22.2 Å². The Morgan fingerprint density at radius 3 is 2.28 bits per heavy atom. The molecule has 0 radical (unpaired) electrons. The molecule has 0 amide bonds. The highest BCUT2D eigenvalue weighted by Gasteiger charge is 2.32. The SMILES string of the molecule is CCC(CC)(CBr)NS(=O)(=O)c1cc(C)c(Br)s1. The second kappa shape index (κ2) is 6.35. The molecule has 1 N–H and O–H groups in total. The highest BCUT2D eigenvalue weighted by Crippen LogP contribution is 2.32. The molecule has 0 unspecified atom stereocenters. The Morgan fingerprint density at radius 1 is 1.39 bits per heavy atom.